The van der Waals surface area contributed by atoms with Crippen LogP contribution in [0.2, 0.25) is 0 Å². The zero-order chi connectivity index (χ0) is 21.0. The highest BCUT2D eigenvalue weighted by molar-refractivity contribution is 7.99. The predicted molar refractivity (Wildman–Crippen MR) is 111 cm³/mol. The van der Waals surface area contributed by atoms with Gasteiger partial charge >= 0.3 is 0 Å². The monoisotopic (exact) mass is 410 g/mol. The number of rotatable bonds is 6. The van der Waals surface area contributed by atoms with Crippen LogP contribution >= 0.6 is 11.8 Å². The molecule has 3 aromatic rings. The Morgan fingerprint density at radius 2 is 2.10 bits per heavy atom. The van der Waals surface area contributed by atoms with E-state index >= 15 is 0 Å². The number of thioether (sulfide) groups is 1. The Morgan fingerprint density at radius 1 is 1.31 bits per heavy atom. The number of carbonyl (C=O) groups is 1. The van der Waals surface area contributed by atoms with Crippen molar-refractivity contribution in [3.05, 3.63) is 64.2 Å². The molecule has 1 aromatic heterocycles. The van der Waals surface area contributed by atoms with E-state index in [1.807, 2.05) is 19.9 Å². The molecular weight excluding hydrogens is 391 g/mol. The van der Waals surface area contributed by atoms with Gasteiger partial charge in [0, 0.05) is 12.1 Å². The van der Waals surface area contributed by atoms with Crippen molar-refractivity contribution in [3.8, 4) is 11.8 Å². The molecule has 0 aliphatic rings. The molecule has 6 nitrogen and oxygen atoms in total. The standard InChI is InChI=1S/C21H19FN4O2S/c1-13(2)12-24-19(27)14-6-7-17-18(10-14)25-21(29-9-8-23)26(20(17)28)16-5-3-4-15(22)11-16/h3-7,10-11,13H,9,12H2,1-2H3,(H,24,27). The number of amides is 1. The molecule has 8 heteroatoms. The van der Waals surface area contributed by atoms with Crippen LogP contribution in [0.3, 0.4) is 0 Å². The molecule has 0 atom stereocenters. The molecule has 148 valence electrons. The second-order valence-electron chi connectivity index (χ2n) is 6.80. The highest BCUT2D eigenvalue weighted by Crippen LogP contribution is 2.22. The molecule has 0 spiro atoms. The molecule has 0 aliphatic carbocycles. The number of hydrogen-bond donors (Lipinski definition) is 1. The number of fused-ring (bicyclic) bond motifs is 1. The van der Waals surface area contributed by atoms with Crippen molar-refractivity contribution in [1.82, 2.24) is 14.9 Å². The summed E-state index contributed by atoms with van der Waals surface area (Å²) < 4.78 is 15.0. The summed E-state index contributed by atoms with van der Waals surface area (Å²) in [4.78, 5) is 30.0. The molecule has 0 fully saturated rings. The maximum absolute atomic E-state index is 13.7. The van der Waals surface area contributed by atoms with Crippen molar-refractivity contribution < 1.29 is 9.18 Å². The second kappa shape index (κ2) is 8.88. The molecule has 29 heavy (non-hydrogen) atoms. The average Bonchev–Trinajstić information content (AvgIpc) is 2.70. The number of hydrogen-bond acceptors (Lipinski definition) is 5. The Hall–Kier alpha value is -3.18. The summed E-state index contributed by atoms with van der Waals surface area (Å²) >= 11 is 1.07. The topological polar surface area (TPSA) is 87.8 Å². The van der Waals surface area contributed by atoms with Crippen LogP contribution < -0.4 is 10.9 Å². The van der Waals surface area contributed by atoms with Crippen LogP contribution in [0, 0.1) is 23.1 Å². The van der Waals surface area contributed by atoms with Gasteiger partial charge in [0.2, 0.25) is 0 Å². The van der Waals surface area contributed by atoms with E-state index in [2.05, 4.69) is 10.3 Å². The van der Waals surface area contributed by atoms with E-state index in [9.17, 15) is 14.0 Å². The number of halogens is 1. The highest BCUT2D eigenvalue weighted by Gasteiger charge is 2.16. The van der Waals surface area contributed by atoms with Crippen LogP contribution in [-0.4, -0.2) is 27.8 Å². The van der Waals surface area contributed by atoms with Crippen molar-refractivity contribution >= 4 is 28.6 Å². The Bertz CT molecular complexity index is 1170. The van der Waals surface area contributed by atoms with Gasteiger partial charge < -0.3 is 5.32 Å². The van der Waals surface area contributed by atoms with Crippen molar-refractivity contribution in [2.75, 3.05) is 12.3 Å². The van der Waals surface area contributed by atoms with E-state index < -0.39 is 11.4 Å². The van der Waals surface area contributed by atoms with E-state index in [-0.39, 0.29) is 16.8 Å². The largest absolute Gasteiger partial charge is 0.352 e. The molecule has 0 radical (unpaired) electrons. The van der Waals surface area contributed by atoms with Crippen LogP contribution in [0.4, 0.5) is 4.39 Å². The van der Waals surface area contributed by atoms with E-state index in [4.69, 9.17) is 5.26 Å². The Balaban J connectivity index is 2.14. The summed E-state index contributed by atoms with van der Waals surface area (Å²) in [6.07, 6.45) is 0. The number of nitrogens with zero attached hydrogens (tertiary/aromatic N) is 3. The minimum Gasteiger partial charge on any atom is -0.352 e. The smallest absolute Gasteiger partial charge is 0.266 e. The molecule has 0 saturated heterocycles. The van der Waals surface area contributed by atoms with Crippen LogP contribution in [0.25, 0.3) is 16.6 Å². The van der Waals surface area contributed by atoms with Gasteiger partial charge in [0.25, 0.3) is 11.5 Å². The molecule has 1 heterocycles. The Kier molecular flexibility index (Phi) is 6.29. The van der Waals surface area contributed by atoms with E-state index in [1.165, 1.54) is 22.8 Å². The van der Waals surface area contributed by atoms with Gasteiger partial charge in [0.05, 0.1) is 28.4 Å². The number of aromatic nitrogens is 2. The van der Waals surface area contributed by atoms with Gasteiger partial charge in [-0.15, -0.1) is 0 Å². The molecule has 1 amide bonds. The maximum atomic E-state index is 13.7. The fraction of sp³-hybridized carbons (Fsp3) is 0.238. The molecule has 0 saturated carbocycles. The van der Waals surface area contributed by atoms with Gasteiger partial charge in [-0.05, 0) is 42.3 Å². The molecular formula is C21H19FN4O2S. The minimum absolute atomic E-state index is 0.0713. The Labute approximate surface area is 171 Å². The first-order chi connectivity index (χ1) is 13.9. The lowest BCUT2D eigenvalue weighted by atomic mass is 10.1. The zero-order valence-corrected chi connectivity index (χ0v) is 16.8. The summed E-state index contributed by atoms with van der Waals surface area (Å²) in [6, 6.07) is 12.3. The van der Waals surface area contributed by atoms with Crippen LogP contribution in [0.15, 0.2) is 52.4 Å². The fourth-order valence-corrected chi connectivity index (χ4v) is 3.42. The molecule has 0 bridgehead atoms. The summed E-state index contributed by atoms with van der Waals surface area (Å²) in [5.41, 5.74) is 0.670. The summed E-state index contributed by atoms with van der Waals surface area (Å²) in [5.74, 6) is -0.349. The lowest BCUT2D eigenvalue weighted by Gasteiger charge is -2.13. The molecule has 0 aliphatic heterocycles. The first-order valence-electron chi connectivity index (χ1n) is 9.01. The zero-order valence-electron chi connectivity index (χ0n) is 16.0. The SMILES string of the molecule is CC(C)CNC(=O)c1ccc2c(=O)n(-c3cccc(F)c3)c(SCC#N)nc2c1. The number of benzene rings is 2. The molecule has 1 N–H and O–H groups in total. The van der Waals surface area contributed by atoms with Crippen molar-refractivity contribution in [1.29, 1.82) is 5.26 Å². The lowest BCUT2D eigenvalue weighted by Crippen LogP contribution is -2.27. The highest BCUT2D eigenvalue weighted by atomic mass is 32.2. The third kappa shape index (κ3) is 4.63. The summed E-state index contributed by atoms with van der Waals surface area (Å²) in [5, 5.41) is 12.3. The van der Waals surface area contributed by atoms with Gasteiger partial charge in [-0.25, -0.2) is 9.37 Å². The summed E-state index contributed by atoms with van der Waals surface area (Å²) in [7, 11) is 0. The number of nitriles is 1. The third-order valence-corrected chi connectivity index (χ3v) is 4.91. The molecule has 3 rings (SSSR count). The fourth-order valence-electron chi connectivity index (χ4n) is 2.74. The second-order valence-corrected chi connectivity index (χ2v) is 7.74. The van der Waals surface area contributed by atoms with Crippen LogP contribution in [0.5, 0.6) is 0 Å². The van der Waals surface area contributed by atoms with Crippen molar-refractivity contribution in [2.24, 2.45) is 5.92 Å². The van der Waals surface area contributed by atoms with E-state index in [0.29, 0.717) is 34.6 Å². The maximum Gasteiger partial charge on any atom is 0.266 e. The van der Waals surface area contributed by atoms with Gasteiger partial charge in [0.15, 0.2) is 5.16 Å². The van der Waals surface area contributed by atoms with Gasteiger partial charge in [-0.3, -0.25) is 14.2 Å². The molecule has 2 aromatic carbocycles. The number of nitrogens with one attached hydrogen (secondary N) is 1. The van der Waals surface area contributed by atoms with Crippen LogP contribution in [0.1, 0.15) is 24.2 Å². The van der Waals surface area contributed by atoms with Gasteiger partial charge in [0.1, 0.15) is 5.82 Å². The van der Waals surface area contributed by atoms with Gasteiger partial charge in [-0.2, -0.15) is 5.26 Å². The lowest BCUT2D eigenvalue weighted by molar-refractivity contribution is 0.0949. The third-order valence-electron chi connectivity index (χ3n) is 4.10. The van der Waals surface area contributed by atoms with Crippen LogP contribution in [-0.2, 0) is 0 Å². The van der Waals surface area contributed by atoms with Crippen molar-refractivity contribution in [3.63, 3.8) is 0 Å². The summed E-state index contributed by atoms with van der Waals surface area (Å²) in [6.45, 7) is 4.53. The Morgan fingerprint density at radius 3 is 2.79 bits per heavy atom. The van der Waals surface area contributed by atoms with E-state index in [1.54, 1.807) is 24.3 Å². The average molecular weight is 410 g/mol. The number of carbonyl (C=O) groups excluding carboxylic acids is 1. The van der Waals surface area contributed by atoms with Gasteiger partial charge in [-0.1, -0.05) is 31.7 Å². The minimum atomic E-state index is -0.483. The predicted octanol–water partition coefficient (Wildman–Crippen LogP) is 3.53. The van der Waals surface area contributed by atoms with Crippen molar-refractivity contribution in [2.45, 2.75) is 19.0 Å². The molecule has 0 unspecified atom stereocenters. The first-order valence-corrected chi connectivity index (χ1v) is 10.00. The quantitative estimate of drug-likeness (QED) is 0.496. The normalized spacial score (nSPS) is 10.9. The first kappa shape index (κ1) is 20.6. The van der Waals surface area contributed by atoms with E-state index in [0.717, 1.165) is 11.8 Å².